The van der Waals surface area contributed by atoms with Gasteiger partial charge < -0.3 is 10.6 Å². The summed E-state index contributed by atoms with van der Waals surface area (Å²) in [5.41, 5.74) is 8.08. The fourth-order valence-corrected chi connectivity index (χ4v) is 6.02. The summed E-state index contributed by atoms with van der Waals surface area (Å²) >= 11 is 0. The van der Waals surface area contributed by atoms with Crippen molar-refractivity contribution in [2.45, 2.75) is 31.2 Å². The minimum atomic E-state index is -3.49. The first-order valence-electron chi connectivity index (χ1n) is 11.7. The summed E-state index contributed by atoms with van der Waals surface area (Å²) < 4.78 is 27.4. The van der Waals surface area contributed by atoms with E-state index < -0.39 is 10.0 Å². The van der Waals surface area contributed by atoms with Gasteiger partial charge in [0.1, 0.15) is 0 Å². The number of carbonyl (C=O) groups excluding carboxylic acids is 2. The molecule has 2 aliphatic heterocycles. The number of nitrogens with zero attached hydrogens (tertiary/aromatic N) is 3. The Kier molecular flexibility index (Phi) is 7.35. The van der Waals surface area contributed by atoms with E-state index in [9.17, 15) is 18.0 Å². The molecule has 2 saturated heterocycles. The molecule has 0 aromatic heterocycles. The molecule has 34 heavy (non-hydrogen) atoms. The Hall–Kier alpha value is -2.75. The van der Waals surface area contributed by atoms with Crippen LogP contribution in [0.15, 0.2) is 53.4 Å². The first kappa shape index (κ1) is 24.4. The minimum Gasteiger partial charge on any atom is -0.369 e. The Bertz CT molecular complexity index is 1130. The van der Waals surface area contributed by atoms with E-state index >= 15 is 0 Å². The fourth-order valence-electron chi connectivity index (χ4n) is 4.60. The third-order valence-corrected chi connectivity index (χ3v) is 8.67. The van der Waals surface area contributed by atoms with E-state index in [-0.39, 0.29) is 17.7 Å². The van der Waals surface area contributed by atoms with Crippen molar-refractivity contribution in [1.82, 2.24) is 14.1 Å². The molecule has 0 spiro atoms. The zero-order valence-electron chi connectivity index (χ0n) is 19.5. The number of piperidine rings is 1. The van der Waals surface area contributed by atoms with Gasteiger partial charge in [0, 0.05) is 57.3 Å². The van der Waals surface area contributed by atoms with Crippen molar-refractivity contribution in [2.24, 2.45) is 11.7 Å². The van der Waals surface area contributed by atoms with E-state index in [1.165, 1.54) is 0 Å². The summed E-state index contributed by atoms with van der Waals surface area (Å²) in [7, 11) is -3.49. The number of aryl methyl sites for hydroxylation is 1. The largest absolute Gasteiger partial charge is 0.369 e. The van der Waals surface area contributed by atoms with Crippen LogP contribution < -0.4 is 5.73 Å². The number of carbonyl (C=O) groups is 2. The molecule has 8 nitrogen and oxygen atoms in total. The van der Waals surface area contributed by atoms with Gasteiger partial charge in [-0.1, -0.05) is 29.8 Å². The normalized spacial score (nSPS) is 18.7. The van der Waals surface area contributed by atoms with Crippen molar-refractivity contribution in [3.63, 3.8) is 0 Å². The Morgan fingerprint density at radius 1 is 0.941 bits per heavy atom. The monoisotopic (exact) mass is 484 g/mol. The quantitative estimate of drug-likeness (QED) is 0.674. The zero-order valence-corrected chi connectivity index (χ0v) is 20.3. The average molecular weight is 485 g/mol. The molecule has 9 heteroatoms. The van der Waals surface area contributed by atoms with Gasteiger partial charge >= 0.3 is 0 Å². The highest BCUT2D eigenvalue weighted by Gasteiger charge is 2.29. The lowest BCUT2D eigenvalue weighted by Crippen LogP contribution is -2.48. The number of rotatable bonds is 6. The topological polar surface area (TPSA) is 104 Å². The number of amides is 2. The lowest BCUT2D eigenvalue weighted by molar-refractivity contribution is -0.123. The summed E-state index contributed by atoms with van der Waals surface area (Å²) in [4.78, 5) is 28.7. The Labute approximate surface area is 201 Å². The highest BCUT2D eigenvalue weighted by atomic mass is 32.2. The van der Waals surface area contributed by atoms with Gasteiger partial charge in [0.2, 0.25) is 15.9 Å². The zero-order chi connectivity index (χ0) is 24.3. The molecule has 2 N–H and O–H groups in total. The van der Waals surface area contributed by atoms with Crippen molar-refractivity contribution in [3.8, 4) is 0 Å². The maximum Gasteiger partial charge on any atom is 0.253 e. The highest BCUT2D eigenvalue weighted by molar-refractivity contribution is 7.89. The molecule has 2 aliphatic rings. The van der Waals surface area contributed by atoms with Gasteiger partial charge in [0.05, 0.1) is 4.90 Å². The predicted octanol–water partition coefficient (Wildman–Crippen LogP) is 1.84. The maximum absolute atomic E-state index is 13.0. The molecule has 2 heterocycles. The van der Waals surface area contributed by atoms with E-state index in [1.807, 2.05) is 43.3 Å². The second-order valence-corrected chi connectivity index (χ2v) is 11.1. The fraction of sp³-hybridized carbons (Fsp3) is 0.440. The summed E-state index contributed by atoms with van der Waals surface area (Å²) in [6.07, 6.45) is 1.22. The first-order valence-corrected chi connectivity index (χ1v) is 13.1. The molecule has 0 unspecified atom stereocenters. The Balaban J connectivity index is 1.33. The number of likely N-dealkylation sites (tertiary alicyclic amines) is 1. The highest BCUT2D eigenvalue weighted by Crippen LogP contribution is 2.21. The van der Waals surface area contributed by atoms with Crippen LogP contribution >= 0.6 is 0 Å². The van der Waals surface area contributed by atoms with E-state index in [4.69, 9.17) is 5.73 Å². The molecule has 182 valence electrons. The number of primary amides is 1. The number of hydrogen-bond acceptors (Lipinski definition) is 5. The summed E-state index contributed by atoms with van der Waals surface area (Å²) in [6, 6.07) is 14.6. The van der Waals surface area contributed by atoms with Gasteiger partial charge in [-0.15, -0.1) is 0 Å². The van der Waals surface area contributed by atoms with E-state index in [0.717, 1.165) is 11.1 Å². The van der Waals surface area contributed by atoms with Crippen LogP contribution in [-0.2, 0) is 21.4 Å². The van der Waals surface area contributed by atoms with Gasteiger partial charge in [-0.3, -0.25) is 14.5 Å². The van der Waals surface area contributed by atoms with Crippen LogP contribution in [0.4, 0.5) is 0 Å². The van der Waals surface area contributed by atoms with Crippen molar-refractivity contribution in [2.75, 3.05) is 39.3 Å². The van der Waals surface area contributed by atoms with Gasteiger partial charge in [-0.05, 0) is 49.6 Å². The predicted molar refractivity (Wildman–Crippen MR) is 129 cm³/mol. The molecule has 0 saturated carbocycles. The Morgan fingerprint density at radius 2 is 1.59 bits per heavy atom. The maximum atomic E-state index is 13.0. The molecule has 0 radical (unpaired) electrons. The number of hydrogen-bond donors (Lipinski definition) is 1. The van der Waals surface area contributed by atoms with Gasteiger partial charge in [-0.2, -0.15) is 4.31 Å². The van der Waals surface area contributed by atoms with Crippen LogP contribution in [0.3, 0.4) is 0 Å². The number of benzene rings is 2. The molecule has 2 amide bonds. The van der Waals surface area contributed by atoms with Crippen LogP contribution in [0.25, 0.3) is 0 Å². The molecule has 0 atom stereocenters. The van der Waals surface area contributed by atoms with Crippen LogP contribution in [0.2, 0.25) is 0 Å². The summed E-state index contributed by atoms with van der Waals surface area (Å²) in [6.45, 7) is 5.79. The lowest BCUT2D eigenvalue weighted by Gasteiger charge is -2.34. The number of sulfonamides is 1. The van der Waals surface area contributed by atoms with Crippen LogP contribution in [-0.4, -0.2) is 73.6 Å². The number of nitrogens with two attached hydrogens (primary N) is 1. The standard InChI is InChI=1S/C25H32N4O4S/c1-19-5-7-23(8-6-19)34(32,33)29-15-13-27(14-16-29)18-20-3-2-4-22(17-20)25(31)28-11-9-21(10-12-28)24(26)30/h2-8,17,21H,9-16,18H2,1H3,(H2,26,30). The third-order valence-electron chi connectivity index (χ3n) is 6.75. The molecule has 0 aliphatic carbocycles. The number of piperazine rings is 1. The molecular formula is C25H32N4O4S. The molecule has 2 aromatic rings. The van der Waals surface area contributed by atoms with Crippen molar-refractivity contribution in [1.29, 1.82) is 0 Å². The van der Waals surface area contributed by atoms with Crippen molar-refractivity contribution >= 4 is 21.8 Å². The SMILES string of the molecule is Cc1ccc(S(=O)(=O)N2CCN(Cc3cccc(C(=O)N4CCC(C(N)=O)CC4)c3)CC2)cc1. The average Bonchev–Trinajstić information content (AvgIpc) is 2.84. The second-order valence-electron chi connectivity index (χ2n) is 9.16. The van der Waals surface area contributed by atoms with E-state index in [0.29, 0.717) is 69.1 Å². The molecular weight excluding hydrogens is 452 g/mol. The van der Waals surface area contributed by atoms with E-state index in [1.54, 1.807) is 21.3 Å². The smallest absolute Gasteiger partial charge is 0.253 e. The molecule has 0 bridgehead atoms. The molecule has 2 aromatic carbocycles. The van der Waals surface area contributed by atoms with Crippen LogP contribution in [0.1, 0.15) is 34.3 Å². The second kappa shape index (κ2) is 10.2. The van der Waals surface area contributed by atoms with E-state index in [2.05, 4.69) is 4.90 Å². The van der Waals surface area contributed by atoms with Crippen molar-refractivity contribution in [3.05, 3.63) is 65.2 Å². The van der Waals surface area contributed by atoms with Gasteiger partial charge in [0.15, 0.2) is 0 Å². The first-order chi connectivity index (χ1) is 16.2. The van der Waals surface area contributed by atoms with Gasteiger partial charge in [0.25, 0.3) is 5.91 Å². The minimum absolute atomic E-state index is 0.0289. The van der Waals surface area contributed by atoms with Crippen LogP contribution in [0.5, 0.6) is 0 Å². The summed E-state index contributed by atoms with van der Waals surface area (Å²) in [5.74, 6) is -0.469. The van der Waals surface area contributed by atoms with Crippen molar-refractivity contribution < 1.29 is 18.0 Å². The summed E-state index contributed by atoms with van der Waals surface area (Å²) in [5, 5.41) is 0. The molecule has 4 rings (SSSR count). The molecule has 2 fully saturated rings. The lowest BCUT2D eigenvalue weighted by atomic mass is 9.95. The van der Waals surface area contributed by atoms with Gasteiger partial charge in [-0.25, -0.2) is 8.42 Å². The van der Waals surface area contributed by atoms with Crippen LogP contribution in [0, 0.1) is 12.8 Å². The third kappa shape index (κ3) is 5.48. The Morgan fingerprint density at radius 3 is 2.21 bits per heavy atom.